The zero-order valence-electron chi connectivity index (χ0n) is 20.2. The molecule has 36 heavy (non-hydrogen) atoms. The topological polar surface area (TPSA) is 78.9 Å². The fourth-order valence-corrected chi connectivity index (χ4v) is 5.16. The molecule has 2 aliphatic rings. The lowest BCUT2D eigenvalue weighted by atomic mass is 9.83. The van der Waals surface area contributed by atoms with Crippen LogP contribution < -0.4 is 15.0 Å². The smallest absolute Gasteiger partial charge is 0.416 e. The van der Waals surface area contributed by atoms with Crippen molar-refractivity contribution < 1.29 is 32.6 Å². The molecule has 2 aromatic rings. The summed E-state index contributed by atoms with van der Waals surface area (Å²) < 4.78 is 47.3. The maximum atomic E-state index is 13.9. The molecule has 1 amide bonds. The number of benzene rings is 2. The second-order valence-corrected chi connectivity index (χ2v) is 9.51. The summed E-state index contributed by atoms with van der Waals surface area (Å²) in [5.74, 6) is -0.807. The van der Waals surface area contributed by atoms with E-state index < -0.39 is 23.8 Å². The number of hydrogen-bond acceptors (Lipinski definition) is 4. The zero-order chi connectivity index (χ0) is 25.9. The number of fused-ring (bicyclic) bond motifs is 1. The van der Waals surface area contributed by atoms with Crippen molar-refractivity contribution in [3.63, 3.8) is 0 Å². The van der Waals surface area contributed by atoms with Gasteiger partial charge in [0.1, 0.15) is 18.4 Å². The number of carboxylic acid groups (broad SMARTS) is 1. The molecule has 4 rings (SSSR count). The standard InChI is InChI=1S/C27H31F3N2O4/c1-31-23(26(34)35)15-25(33)32-12-11-19-13-21(9-10-24(19)32)36-16-20-8-7-18(14-22(20)27(28,29)30)17-5-3-2-4-6-17/h7-10,13-14,17,23,31H,2-6,11-12,15-16H2,1H3,(H,34,35). The summed E-state index contributed by atoms with van der Waals surface area (Å²) in [6.07, 6.45) is 0.993. The average molecular weight is 505 g/mol. The Bertz CT molecular complexity index is 1110. The van der Waals surface area contributed by atoms with Crippen LogP contribution >= 0.6 is 0 Å². The van der Waals surface area contributed by atoms with E-state index in [0.29, 0.717) is 24.4 Å². The van der Waals surface area contributed by atoms with Gasteiger partial charge in [-0.1, -0.05) is 31.4 Å². The number of anilines is 1. The van der Waals surface area contributed by atoms with Crippen LogP contribution in [0.4, 0.5) is 18.9 Å². The summed E-state index contributed by atoms with van der Waals surface area (Å²) in [6.45, 7) is 0.193. The highest BCUT2D eigenvalue weighted by Crippen LogP contribution is 2.39. The van der Waals surface area contributed by atoms with Crippen LogP contribution in [0.5, 0.6) is 5.75 Å². The van der Waals surface area contributed by atoms with E-state index in [0.717, 1.165) is 43.2 Å². The molecule has 1 fully saturated rings. The van der Waals surface area contributed by atoms with Crippen molar-refractivity contribution in [3.8, 4) is 5.75 Å². The first-order valence-corrected chi connectivity index (χ1v) is 12.3. The molecule has 1 heterocycles. The summed E-state index contributed by atoms with van der Waals surface area (Å²) >= 11 is 0. The first kappa shape index (κ1) is 26.0. The molecular formula is C27H31F3N2O4. The number of rotatable bonds is 8. The van der Waals surface area contributed by atoms with E-state index in [1.807, 2.05) is 0 Å². The number of nitrogens with zero attached hydrogens (tertiary/aromatic N) is 1. The van der Waals surface area contributed by atoms with Crippen LogP contribution in [0, 0.1) is 0 Å². The first-order chi connectivity index (χ1) is 17.2. The number of carbonyl (C=O) groups is 2. The molecule has 194 valence electrons. The summed E-state index contributed by atoms with van der Waals surface area (Å²) in [5, 5.41) is 11.8. The van der Waals surface area contributed by atoms with Gasteiger partial charge in [-0.25, -0.2) is 0 Å². The molecule has 0 aromatic heterocycles. The highest BCUT2D eigenvalue weighted by molar-refractivity contribution is 5.98. The Labute approximate surface area is 208 Å². The van der Waals surface area contributed by atoms with Crippen LogP contribution in [-0.4, -0.2) is 36.6 Å². The molecule has 1 saturated carbocycles. The molecular weight excluding hydrogens is 473 g/mol. The van der Waals surface area contributed by atoms with Crippen LogP contribution in [0.1, 0.15) is 66.7 Å². The maximum Gasteiger partial charge on any atom is 0.416 e. The fraction of sp³-hybridized carbons (Fsp3) is 0.481. The van der Waals surface area contributed by atoms with Gasteiger partial charge in [0.05, 0.1) is 12.0 Å². The number of nitrogens with one attached hydrogen (secondary N) is 1. The third kappa shape index (κ3) is 5.83. The first-order valence-electron chi connectivity index (χ1n) is 12.3. The van der Waals surface area contributed by atoms with E-state index in [1.54, 1.807) is 24.3 Å². The normalized spacial score (nSPS) is 17.1. The van der Waals surface area contributed by atoms with Crippen LogP contribution in [0.25, 0.3) is 0 Å². The van der Waals surface area contributed by atoms with Gasteiger partial charge in [0, 0.05) is 17.8 Å². The van der Waals surface area contributed by atoms with E-state index in [2.05, 4.69) is 5.32 Å². The lowest BCUT2D eigenvalue weighted by molar-refractivity contribution is -0.141. The molecule has 1 aliphatic carbocycles. The van der Waals surface area contributed by atoms with Crippen molar-refractivity contribution in [1.82, 2.24) is 5.32 Å². The predicted octanol–water partition coefficient (Wildman–Crippen LogP) is 5.28. The molecule has 9 heteroatoms. The minimum atomic E-state index is -4.47. The number of amides is 1. The van der Waals surface area contributed by atoms with Crippen molar-refractivity contribution in [2.45, 2.75) is 69.7 Å². The minimum Gasteiger partial charge on any atom is -0.489 e. The molecule has 2 aromatic carbocycles. The van der Waals surface area contributed by atoms with Gasteiger partial charge < -0.3 is 20.1 Å². The van der Waals surface area contributed by atoms with Crippen molar-refractivity contribution in [2.24, 2.45) is 0 Å². The Kier molecular flexibility index (Phi) is 7.88. The highest BCUT2D eigenvalue weighted by atomic mass is 19.4. The fourth-order valence-electron chi connectivity index (χ4n) is 5.16. The molecule has 0 bridgehead atoms. The summed E-state index contributed by atoms with van der Waals surface area (Å²) in [6, 6.07) is 8.70. The molecule has 1 unspecified atom stereocenters. The van der Waals surface area contributed by atoms with Crippen LogP contribution in [0.3, 0.4) is 0 Å². The SMILES string of the molecule is CNC(CC(=O)N1CCc2cc(OCc3ccc(C4CCCCC4)cc3C(F)(F)F)ccc21)C(=O)O. The second-order valence-electron chi connectivity index (χ2n) is 9.51. The molecule has 0 spiro atoms. The van der Waals surface area contributed by atoms with Gasteiger partial charge in [-0.05, 0) is 67.6 Å². The van der Waals surface area contributed by atoms with E-state index in [4.69, 9.17) is 4.74 Å². The molecule has 2 N–H and O–H groups in total. The Morgan fingerprint density at radius 2 is 1.89 bits per heavy atom. The van der Waals surface area contributed by atoms with Gasteiger partial charge in [-0.15, -0.1) is 0 Å². The number of alkyl halides is 3. The second kappa shape index (κ2) is 10.9. The van der Waals surface area contributed by atoms with Crippen molar-refractivity contribution in [2.75, 3.05) is 18.5 Å². The van der Waals surface area contributed by atoms with Gasteiger partial charge in [0.2, 0.25) is 5.91 Å². The van der Waals surface area contributed by atoms with Crippen LogP contribution in [-0.2, 0) is 28.8 Å². The number of hydrogen-bond donors (Lipinski definition) is 2. The number of aliphatic carboxylic acids is 1. The Balaban J connectivity index is 1.46. The largest absolute Gasteiger partial charge is 0.489 e. The van der Waals surface area contributed by atoms with Crippen molar-refractivity contribution >= 4 is 17.6 Å². The van der Waals surface area contributed by atoms with Crippen molar-refractivity contribution in [1.29, 1.82) is 0 Å². The van der Waals surface area contributed by atoms with Gasteiger partial charge in [0.25, 0.3) is 0 Å². The van der Waals surface area contributed by atoms with E-state index >= 15 is 0 Å². The summed E-state index contributed by atoms with van der Waals surface area (Å²) in [7, 11) is 1.49. The number of ether oxygens (including phenoxy) is 1. The Morgan fingerprint density at radius 1 is 1.14 bits per heavy atom. The third-order valence-corrected chi connectivity index (χ3v) is 7.18. The monoisotopic (exact) mass is 504 g/mol. The highest BCUT2D eigenvalue weighted by Gasteiger charge is 2.34. The predicted molar refractivity (Wildman–Crippen MR) is 129 cm³/mol. The molecule has 0 saturated heterocycles. The molecule has 1 aliphatic heterocycles. The number of halogens is 3. The number of carbonyl (C=O) groups excluding carboxylic acids is 1. The van der Waals surface area contributed by atoms with Crippen LogP contribution in [0.15, 0.2) is 36.4 Å². The quantitative estimate of drug-likeness (QED) is 0.511. The summed E-state index contributed by atoms with van der Waals surface area (Å²) in [5.41, 5.74) is 1.69. The lowest BCUT2D eigenvalue weighted by Gasteiger charge is -2.24. The zero-order valence-corrected chi connectivity index (χ0v) is 20.2. The Morgan fingerprint density at radius 3 is 2.56 bits per heavy atom. The summed E-state index contributed by atoms with van der Waals surface area (Å²) in [4.78, 5) is 25.4. The van der Waals surface area contributed by atoms with Crippen LogP contribution in [0.2, 0.25) is 0 Å². The minimum absolute atomic E-state index is 0.0890. The average Bonchev–Trinajstić information content (AvgIpc) is 3.29. The van der Waals surface area contributed by atoms with Gasteiger partial charge in [0.15, 0.2) is 0 Å². The molecule has 6 nitrogen and oxygen atoms in total. The number of likely N-dealkylation sites (N-methyl/N-ethyl adjacent to an activating group) is 1. The maximum absolute atomic E-state index is 13.9. The van der Waals surface area contributed by atoms with E-state index in [-0.39, 0.29) is 30.4 Å². The van der Waals surface area contributed by atoms with E-state index in [1.165, 1.54) is 24.1 Å². The third-order valence-electron chi connectivity index (χ3n) is 7.18. The Hall–Kier alpha value is -3.07. The van der Waals surface area contributed by atoms with E-state index in [9.17, 15) is 27.9 Å². The number of carboxylic acids is 1. The lowest BCUT2D eigenvalue weighted by Crippen LogP contribution is -2.40. The molecule has 0 radical (unpaired) electrons. The molecule has 1 atom stereocenters. The van der Waals surface area contributed by atoms with Gasteiger partial charge >= 0.3 is 12.1 Å². The van der Waals surface area contributed by atoms with Crippen molar-refractivity contribution in [3.05, 3.63) is 58.7 Å². The van der Waals surface area contributed by atoms with Gasteiger partial charge in [-0.2, -0.15) is 13.2 Å². The van der Waals surface area contributed by atoms with Gasteiger partial charge in [-0.3, -0.25) is 9.59 Å².